The summed E-state index contributed by atoms with van der Waals surface area (Å²) in [5.74, 6) is 0.491. The van der Waals surface area contributed by atoms with Crippen molar-refractivity contribution in [3.8, 4) is 0 Å². The zero-order valence-electron chi connectivity index (χ0n) is 12.7. The second-order valence-corrected chi connectivity index (χ2v) is 7.03. The van der Waals surface area contributed by atoms with Crippen molar-refractivity contribution in [1.82, 2.24) is 9.97 Å². The van der Waals surface area contributed by atoms with Gasteiger partial charge >= 0.3 is 0 Å². The fourth-order valence-corrected chi connectivity index (χ4v) is 3.67. The fourth-order valence-electron chi connectivity index (χ4n) is 2.58. The first-order valence-electron chi connectivity index (χ1n) is 7.27. The molecule has 0 aliphatic rings. The zero-order chi connectivity index (χ0) is 16.7. The van der Waals surface area contributed by atoms with E-state index in [0.717, 1.165) is 5.39 Å². The topological polar surface area (TPSA) is 85.1 Å². The van der Waals surface area contributed by atoms with Crippen LogP contribution >= 0.6 is 0 Å². The lowest BCUT2D eigenvalue weighted by Gasteiger charge is -2.10. The van der Waals surface area contributed by atoms with Gasteiger partial charge in [0.1, 0.15) is 5.52 Å². The summed E-state index contributed by atoms with van der Waals surface area (Å²) in [6.07, 6.45) is 1.63. The van der Waals surface area contributed by atoms with Gasteiger partial charge in [-0.15, -0.1) is 0 Å². The zero-order valence-corrected chi connectivity index (χ0v) is 13.5. The summed E-state index contributed by atoms with van der Waals surface area (Å²) < 4.78 is 33.4. The van der Waals surface area contributed by atoms with Crippen molar-refractivity contribution in [3.05, 3.63) is 60.6 Å². The first kappa shape index (κ1) is 14.6. The van der Waals surface area contributed by atoms with Crippen molar-refractivity contribution < 1.29 is 12.8 Å². The molecular weight excluding hydrogens is 326 g/mol. The molecule has 0 saturated carbocycles. The largest absolute Gasteiger partial charge is 0.441 e. The molecule has 0 aliphatic carbocycles. The smallest absolute Gasteiger partial charge is 0.262 e. The molecule has 4 rings (SSSR count). The highest BCUT2D eigenvalue weighted by Crippen LogP contribution is 2.25. The third-order valence-corrected chi connectivity index (χ3v) is 5.02. The number of nitrogens with zero attached hydrogens (tertiary/aromatic N) is 2. The Hall–Kier alpha value is -2.93. The number of benzene rings is 2. The van der Waals surface area contributed by atoms with Gasteiger partial charge in [0.25, 0.3) is 10.0 Å². The lowest BCUT2D eigenvalue weighted by atomic mass is 10.2. The Kier molecular flexibility index (Phi) is 3.24. The molecule has 6 nitrogen and oxygen atoms in total. The summed E-state index contributed by atoms with van der Waals surface area (Å²) in [5, 5.41) is 0.861. The minimum Gasteiger partial charge on any atom is -0.441 e. The van der Waals surface area contributed by atoms with E-state index in [1.807, 2.05) is 12.1 Å². The SMILES string of the molecule is Cc1nc2cc(S(=O)(=O)Nc3cccc4cccnc34)ccc2o1. The minimum absolute atomic E-state index is 0.122. The van der Waals surface area contributed by atoms with Crippen LogP contribution in [0.2, 0.25) is 0 Å². The van der Waals surface area contributed by atoms with Gasteiger partial charge in [-0.2, -0.15) is 0 Å². The summed E-state index contributed by atoms with van der Waals surface area (Å²) in [5.41, 5.74) is 2.09. The summed E-state index contributed by atoms with van der Waals surface area (Å²) in [6.45, 7) is 1.72. The maximum Gasteiger partial charge on any atom is 0.262 e. The lowest BCUT2D eigenvalue weighted by molar-refractivity contribution is 0.561. The molecule has 1 N–H and O–H groups in total. The Morgan fingerprint density at radius 1 is 1.08 bits per heavy atom. The van der Waals surface area contributed by atoms with E-state index in [9.17, 15) is 8.42 Å². The predicted molar refractivity (Wildman–Crippen MR) is 91.3 cm³/mol. The van der Waals surface area contributed by atoms with E-state index in [-0.39, 0.29) is 4.90 Å². The Balaban J connectivity index is 1.78. The molecule has 2 aromatic heterocycles. The van der Waals surface area contributed by atoms with Crippen LogP contribution < -0.4 is 4.72 Å². The van der Waals surface area contributed by atoms with Gasteiger partial charge < -0.3 is 4.42 Å². The highest BCUT2D eigenvalue weighted by molar-refractivity contribution is 7.92. The van der Waals surface area contributed by atoms with Crippen molar-refractivity contribution in [2.45, 2.75) is 11.8 Å². The van der Waals surface area contributed by atoms with Crippen molar-refractivity contribution in [3.63, 3.8) is 0 Å². The summed E-state index contributed by atoms with van der Waals surface area (Å²) in [4.78, 5) is 8.55. The average molecular weight is 339 g/mol. The van der Waals surface area contributed by atoms with Crippen molar-refractivity contribution in [1.29, 1.82) is 0 Å². The Bertz CT molecular complexity index is 1160. The second-order valence-electron chi connectivity index (χ2n) is 5.35. The normalized spacial score (nSPS) is 11.9. The van der Waals surface area contributed by atoms with E-state index in [4.69, 9.17) is 4.42 Å². The monoisotopic (exact) mass is 339 g/mol. The van der Waals surface area contributed by atoms with E-state index in [2.05, 4.69) is 14.7 Å². The van der Waals surface area contributed by atoms with Crippen LogP contribution in [-0.2, 0) is 10.0 Å². The van der Waals surface area contributed by atoms with Gasteiger partial charge in [0.15, 0.2) is 11.5 Å². The fraction of sp³-hybridized carbons (Fsp3) is 0.0588. The highest BCUT2D eigenvalue weighted by atomic mass is 32.2. The van der Waals surface area contributed by atoms with Crippen LogP contribution in [0.3, 0.4) is 0 Å². The van der Waals surface area contributed by atoms with Gasteiger partial charge in [0.2, 0.25) is 0 Å². The third-order valence-electron chi connectivity index (χ3n) is 3.65. The first-order valence-corrected chi connectivity index (χ1v) is 8.75. The van der Waals surface area contributed by atoms with Gasteiger partial charge in [0, 0.05) is 18.5 Å². The average Bonchev–Trinajstić information content (AvgIpc) is 2.94. The van der Waals surface area contributed by atoms with Gasteiger partial charge in [0.05, 0.1) is 16.1 Å². The number of para-hydroxylation sites is 1. The predicted octanol–water partition coefficient (Wildman–Crippen LogP) is 3.49. The molecule has 4 aromatic rings. The Morgan fingerprint density at radius 2 is 1.92 bits per heavy atom. The molecule has 0 unspecified atom stereocenters. The molecule has 0 saturated heterocycles. The van der Waals surface area contributed by atoms with Crippen LogP contribution in [-0.4, -0.2) is 18.4 Å². The molecule has 0 aliphatic heterocycles. The molecule has 0 fully saturated rings. The number of fused-ring (bicyclic) bond motifs is 2. The number of oxazole rings is 1. The summed E-state index contributed by atoms with van der Waals surface area (Å²) in [7, 11) is -3.76. The van der Waals surface area contributed by atoms with Gasteiger partial charge in [-0.1, -0.05) is 18.2 Å². The first-order chi connectivity index (χ1) is 11.5. The number of hydrogen-bond donors (Lipinski definition) is 1. The molecule has 24 heavy (non-hydrogen) atoms. The van der Waals surface area contributed by atoms with Gasteiger partial charge in [-0.05, 0) is 30.3 Å². The van der Waals surface area contributed by atoms with Crippen LogP contribution in [0.1, 0.15) is 5.89 Å². The number of rotatable bonds is 3. The van der Waals surface area contributed by atoms with E-state index in [1.165, 1.54) is 12.1 Å². The van der Waals surface area contributed by atoms with Crippen molar-refractivity contribution in [2.75, 3.05) is 4.72 Å². The maximum atomic E-state index is 12.7. The molecule has 0 bridgehead atoms. The number of sulfonamides is 1. The summed E-state index contributed by atoms with van der Waals surface area (Å²) in [6, 6.07) is 13.6. The molecule has 2 heterocycles. The Labute approximate surface area is 138 Å². The number of nitrogens with one attached hydrogen (secondary N) is 1. The summed E-state index contributed by atoms with van der Waals surface area (Å²) >= 11 is 0. The number of hydrogen-bond acceptors (Lipinski definition) is 5. The van der Waals surface area contributed by atoms with Crippen LogP contribution in [0.15, 0.2) is 64.0 Å². The van der Waals surface area contributed by atoms with Gasteiger partial charge in [-0.3, -0.25) is 9.71 Å². The molecule has 0 atom stereocenters. The van der Waals surface area contributed by atoms with Crippen molar-refractivity contribution in [2.24, 2.45) is 0 Å². The number of aromatic nitrogens is 2. The number of anilines is 1. The third kappa shape index (κ3) is 2.48. The molecule has 0 amide bonds. The highest BCUT2D eigenvalue weighted by Gasteiger charge is 2.17. The minimum atomic E-state index is -3.76. The van der Waals surface area contributed by atoms with E-state index < -0.39 is 10.0 Å². The van der Waals surface area contributed by atoms with Crippen LogP contribution in [0.4, 0.5) is 5.69 Å². The molecule has 0 radical (unpaired) electrons. The lowest BCUT2D eigenvalue weighted by Crippen LogP contribution is -2.13. The maximum absolute atomic E-state index is 12.7. The van der Waals surface area contributed by atoms with E-state index in [1.54, 1.807) is 37.4 Å². The van der Waals surface area contributed by atoms with Crippen LogP contribution in [0.5, 0.6) is 0 Å². The number of pyridine rings is 1. The molecule has 7 heteroatoms. The molecular formula is C17H13N3O3S. The van der Waals surface area contributed by atoms with E-state index in [0.29, 0.717) is 28.2 Å². The van der Waals surface area contributed by atoms with Gasteiger partial charge in [-0.25, -0.2) is 13.4 Å². The molecule has 120 valence electrons. The van der Waals surface area contributed by atoms with E-state index >= 15 is 0 Å². The van der Waals surface area contributed by atoms with Crippen molar-refractivity contribution >= 4 is 37.7 Å². The Morgan fingerprint density at radius 3 is 2.79 bits per heavy atom. The standard InChI is InChI=1S/C17H13N3O3S/c1-11-19-15-10-13(7-8-16(15)23-11)24(21,22)20-14-6-2-4-12-5-3-9-18-17(12)14/h2-10,20H,1H3. The van der Waals surface area contributed by atoms with Crippen LogP contribution in [0.25, 0.3) is 22.0 Å². The second kappa shape index (κ2) is 5.31. The number of aryl methyl sites for hydroxylation is 1. The molecule has 2 aromatic carbocycles. The molecule has 0 spiro atoms. The van der Waals surface area contributed by atoms with Crippen LogP contribution in [0, 0.1) is 6.92 Å². The quantitative estimate of drug-likeness (QED) is 0.617.